The molecule has 0 spiro atoms. The van der Waals surface area contributed by atoms with Crippen molar-refractivity contribution in [1.29, 1.82) is 0 Å². The quantitative estimate of drug-likeness (QED) is 0.319. The van der Waals surface area contributed by atoms with Crippen molar-refractivity contribution in [3.8, 4) is 5.75 Å². The highest BCUT2D eigenvalue weighted by Crippen LogP contribution is 2.38. The molecule has 0 amide bonds. The summed E-state index contributed by atoms with van der Waals surface area (Å²) in [6.07, 6.45) is -6.31. The maximum atomic E-state index is 13.6. The molecule has 1 unspecified atom stereocenters. The normalized spacial score (nSPS) is 13.7. The molecule has 1 N–H and O–H groups in total. The van der Waals surface area contributed by atoms with Crippen molar-refractivity contribution >= 4 is 19.2 Å². The molecule has 0 aliphatic heterocycles. The summed E-state index contributed by atoms with van der Waals surface area (Å²) in [5.74, 6) is -0.708. The van der Waals surface area contributed by atoms with Gasteiger partial charge in [0.05, 0.1) is 10.9 Å². The van der Waals surface area contributed by atoms with E-state index >= 15 is 0 Å². The molecule has 2 aromatic carbocycles. The predicted octanol–water partition coefficient (Wildman–Crippen LogP) is 5.09. The molecule has 0 fully saturated rings. The molecule has 11 heteroatoms. The molecule has 3 rings (SSSR count). The number of hydrogen-bond acceptors (Lipinski definition) is 5. The SMILES string of the molecule is Cn1c(=O)n(CCCO[Si](C)(C)C(C)(C)C)c(=O)c2c(C(O)c3ccccc3)c(OC(F)(F)F)ccc21. The Morgan fingerprint density at radius 2 is 1.65 bits per heavy atom. The van der Waals surface area contributed by atoms with Gasteiger partial charge in [0.2, 0.25) is 0 Å². The highest BCUT2D eigenvalue weighted by molar-refractivity contribution is 6.74. The molecule has 1 atom stereocenters. The molecule has 3 aromatic rings. The van der Waals surface area contributed by atoms with Crippen LogP contribution in [0.3, 0.4) is 0 Å². The number of aryl methyl sites for hydroxylation is 1. The summed E-state index contributed by atoms with van der Waals surface area (Å²) in [4.78, 5) is 26.6. The molecule has 0 aliphatic carbocycles. The zero-order valence-corrected chi connectivity index (χ0v) is 22.8. The van der Waals surface area contributed by atoms with E-state index < -0.39 is 37.8 Å². The van der Waals surface area contributed by atoms with Gasteiger partial charge in [0.1, 0.15) is 11.9 Å². The Morgan fingerprint density at radius 1 is 1.03 bits per heavy atom. The van der Waals surface area contributed by atoms with Gasteiger partial charge in [-0.15, -0.1) is 13.2 Å². The van der Waals surface area contributed by atoms with Crippen LogP contribution in [0.1, 0.15) is 44.4 Å². The first-order chi connectivity index (χ1) is 17.0. The van der Waals surface area contributed by atoms with E-state index in [0.29, 0.717) is 13.0 Å². The monoisotopic (exact) mass is 538 g/mol. The van der Waals surface area contributed by atoms with E-state index in [9.17, 15) is 27.9 Å². The number of fused-ring (bicyclic) bond motifs is 1. The first-order valence-electron chi connectivity index (χ1n) is 11.9. The van der Waals surface area contributed by atoms with Crippen LogP contribution >= 0.6 is 0 Å². The summed E-state index contributed by atoms with van der Waals surface area (Å²) in [6.45, 7) is 10.8. The molecular formula is C26H33F3N2O5Si. The Labute approximate surface area is 214 Å². The molecule has 7 nitrogen and oxygen atoms in total. The number of halogens is 3. The Hall–Kier alpha value is -2.89. The lowest BCUT2D eigenvalue weighted by Crippen LogP contribution is -2.42. The average Bonchev–Trinajstić information content (AvgIpc) is 2.80. The van der Waals surface area contributed by atoms with Gasteiger partial charge in [0, 0.05) is 25.8 Å². The number of rotatable bonds is 8. The van der Waals surface area contributed by atoms with E-state index in [1.165, 1.54) is 29.8 Å². The average molecular weight is 539 g/mol. The van der Waals surface area contributed by atoms with Gasteiger partial charge in [-0.05, 0) is 42.2 Å². The van der Waals surface area contributed by atoms with Crippen LogP contribution in [0.2, 0.25) is 18.1 Å². The molecule has 0 saturated carbocycles. The number of hydrogen-bond donors (Lipinski definition) is 1. The number of aliphatic hydroxyl groups is 1. The predicted molar refractivity (Wildman–Crippen MR) is 138 cm³/mol. The molecule has 0 radical (unpaired) electrons. The molecule has 0 saturated heterocycles. The van der Waals surface area contributed by atoms with Crippen LogP contribution in [0.15, 0.2) is 52.1 Å². The second-order valence-electron chi connectivity index (χ2n) is 10.5. The Bertz CT molecular complexity index is 1380. The lowest BCUT2D eigenvalue weighted by Gasteiger charge is -2.36. The molecule has 202 valence electrons. The lowest BCUT2D eigenvalue weighted by atomic mass is 9.97. The summed E-state index contributed by atoms with van der Waals surface area (Å²) in [6, 6.07) is 10.2. The van der Waals surface area contributed by atoms with Gasteiger partial charge in [-0.25, -0.2) is 4.79 Å². The number of ether oxygens (including phenoxy) is 1. The lowest BCUT2D eigenvalue weighted by molar-refractivity contribution is -0.275. The number of nitrogens with zero attached hydrogens (tertiary/aromatic N) is 2. The van der Waals surface area contributed by atoms with Crippen LogP contribution in [0.4, 0.5) is 13.2 Å². The smallest absolute Gasteiger partial charge is 0.417 e. The first kappa shape index (κ1) is 28.7. The molecule has 0 bridgehead atoms. The van der Waals surface area contributed by atoms with Crippen LogP contribution < -0.4 is 16.0 Å². The Kier molecular flexibility index (Phi) is 8.11. The maximum absolute atomic E-state index is 13.6. The van der Waals surface area contributed by atoms with Gasteiger partial charge in [-0.1, -0.05) is 51.1 Å². The largest absolute Gasteiger partial charge is 0.573 e. The minimum atomic E-state index is -5.06. The number of alkyl halides is 3. The van der Waals surface area contributed by atoms with Crippen molar-refractivity contribution < 1.29 is 27.4 Å². The highest BCUT2D eigenvalue weighted by atomic mass is 28.4. The van der Waals surface area contributed by atoms with Gasteiger partial charge in [0.15, 0.2) is 8.32 Å². The third kappa shape index (κ3) is 6.16. The van der Waals surface area contributed by atoms with Crippen LogP contribution in [0, 0.1) is 0 Å². The summed E-state index contributed by atoms with van der Waals surface area (Å²) < 4.78 is 52.2. The number of benzene rings is 2. The summed E-state index contributed by atoms with van der Waals surface area (Å²) in [5.41, 5.74) is -1.42. The summed E-state index contributed by atoms with van der Waals surface area (Å²) >= 11 is 0. The summed E-state index contributed by atoms with van der Waals surface area (Å²) in [5, 5.41) is 10.9. The maximum Gasteiger partial charge on any atom is 0.573 e. The van der Waals surface area contributed by atoms with Crippen molar-refractivity contribution in [2.45, 2.75) is 64.3 Å². The van der Waals surface area contributed by atoms with Gasteiger partial charge in [0.25, 0.3) is 5.56 Å². The second-order valence-corrected chi connectivity index (χ2v) is 15.3. The summed E-state index contributed by atoms with van der Waals surface area (Å²) in [7, 11) is -0.617. The van der Waals surface area contributed by atoms with Gasteiger partial charge in [-0.3, -0.25) is 13.9 Å². The van der Waals surface area contributed by atoms with E-state index in [0.717, 1.165) is 10.6 Å². The van der Waals surface area contributed by atoms with Crippen molar-refractivity contribution in [2.24, 2.45) is 7.05 Å². The van der Waals surface area contributed by atoms with Crippen molar-refractivity contribution in [3.63, 3.8) is 0 Å². The van der Waals surface area contributed by atoms with E-state index in [1.54, 1.807) is 18.2 Å². The third-order valence-corrected chi connectivity index (χ3v) is 11.5. The van der Waals surface area contributed by atoms with Crippen LogP contribution in [-0.2, 0) is 18.0 Å². The fraction of sp³-hybridized carbons (Fsp3) is 0.462. The minimum absolute atomic E-state index is 0.00129. The molecule has 1 aromatic heterocycles. The fourth-order valence-electron chi connectivity index (χ4n) is 3.85. The van der Waals surface area contributed by atoms with Crippen LogP contribution in [0.5, 0.6) is 5.75 Å². The van der Waals surface area contributed by atoms with Crippen molar-refractivity contribution in [1.82, 2.24) is 9.13 Å². The zero-order valence-electron chi connectivity index (χ0n) is 21.8. The van der Waals surface area contributed by atoms with E-state index in [4.69, 9.17) is 4.43 Å². The molecule has 37 heavy (non-hydrogen) atoms. The first-order valence-corrected chi connectivity index (χ1v) is 14.8. The molecular weight excluding hydrogens is 505 g/mol. The van der Waals surface area contributed by atoms with Crippen molar-refractivity contribution in [3.05, 3.63) is 74.4 Å². The molecule has 0 aliphatic rings. The van der Waals surface area contributed by atoms with E-state index in [-0.39, 0.29) is 33.6 Å². The van der Waals surface area contributed by atoms with Crippen LogP contribution in [-0.4, -0.2) is 35.5 Å². The standard InChI is InChI=1S/C26H33F3N2O5Si/c1-25(2,3)37(5,6)35-16-10-15-31-23(33)20-18(30(4)24(31)34)13-14-19(36-26(27,28)29)21(20)22(32)17-11-8-7-9-12-17/h7-9,11-14,22,32H,10,15-16H2,1-6H3. The van der Waals surface area contributed by atoms with Gasteiger partial charge >= 0.3 is 12.1 Å². The van der Waals surface area contributed by atoms with Gasteiger partial charge < -0.3 is 14.3 Å². The van der Waals surface area contributed by atoms with E-state index in [1.807, 2.05) is 0 Å². The Morgan fingerprint density at radius 3 is 2.22 bits per heavy atom. The fourth-order valence-corrected chi connectivity index (χ4v) is 4.94. The zero-order chi connectivity index (χ0) is 27.8. The highest BCUT2D eigenvalue weighted by Gasteiger charge is 2.37. The second kappa shape index (κ2) is 10.5. The van der Waals surface area contributed by atoms with E-state index in [2.05, 4.69) is 38.6 Å². The topological polar surface area (TPSA) is 82.7 Å². The third-order valence-electron chi connectivity index (χ3n) is 6.93. The van der Waals surface area contributed by atoms with Gasteiger partial charge in [-0.2, -0.15) is 0 Å². The van der Waals surface area contributed by atoms with Crippen LogP contribution in [0.25, 0.3) is 10.9 Å². The van der Waals surface area contributed by atoms with Crippen molar-refractivity contribution in [2.75, 3.05) is 6.61 Å². The number of aromatic nitrogens is 2. The minimum Gasteiger partial charge on any atom is -0.417 e. The number of aliphatic hydroxyl groups excluding tert-OH is 1. The molecule has 1 heterocycles. The Balaban J connectivity index is 2.13.